The molecule has 2 N–H and O–H groups in total. The summed E-state index contributed by atoms with van der Waals surface area (Å²) >= 11 is 0. The Hall–Kier alpha value is -0.810. The molecule has 0 unspecified atom stereocenters. The molecule has 0 atom stereocenters. The third-order valence-electron chi connectivity index (χ3n) is 5.38. The van der Waals surface area contributed by atoms with E-state index in [1.54, 1.807) is 0 Å². The van der Waals surface area contributed by atoms with Crippen LogP contribution in [0.1, 0.15) is 52.4 Å². The highest BCUT2D eigenvalue weighted by Crippen LogP contribution is 2.41. The van der Waals surface area contributed by atoms with Crippen LogP contribution in [0.5, 0.6) is 0 Å². The number of ether oxygens (including phenoxy) is 1. The average molecular weight is 325 g/mol. The minimum atomic E-state index is 0.468. The molecule has 1 aliphatic carbocycles. The van der Waals surface area contributed by atoms with Crippen molar-refractivity contribution in [2.75, 3.05) is 52.5 Å². The summed E-state index contributed by atoms with van der Waals surface area (Å²) in [5, 5.41) is 6.90. The minimum absolute atomic E-state index is 0.468. The monoisotopic (exact) mass is 324 g/mol. The molecular weight excluding hydrogens is 288 g/mol. The van der Waals surface area contributed by atoms with E-state index in [0.717, 1.165) is 64.9 Å². The van der Waals surface area contributed by atoms with Crippen molar-refractivity contribution in [3.63, 3.8) is 0 Å². The summed E-state index contributed by atoms with van der Waals surface area (Å²) in [7, 11) is 0. The van der Waals surface area contributed by atoms with Crippen LogP contribution in [0.3, 0.4) is 0 Å². The summed E-state index contributed by atoms with van der Waals surface area (Å²) in [5.41, 5.74) is 0.468. The van der Waals surface area contributed by atoms with Gasteiger partial charge in [-0.25, -0.2) is 0 Å². The van der Waals surface area contributed by atoms with Gasteiger partial charge in [-0.05, 0) is 44.6 Å². The van der Waals surface area contributed by atoms with Gasteiger partial charge in [0.05, 0.1) is 13.2 Å². The predicted octanol–water partition coefficient (Wildman–Crippen LogP) is 2.23. The number of morpholine rings is 1. The summed E-state index contributed by atoms with van der Waals surface area (Å²) in [4.78, 5) is 7.37. The number of aliphatic imine (C=N–C) groups is 1. The first-order chi connectivity index (χ1) is 11.3. The molecule has 0 bridgehead atoms. The zero-order valence-corrected chi connectivity index (χ0v) is 15.2. The van der Waals surface area contributed by atoms with Gasteiger partial charge in [0.2, 0.25) is 0 Å². The Bertz CT molecular complexity index is 347. The maximum absolute atomic E-state index is 5.39. The standard InChI is InChI=1S/C18H36N4O/c1-3-18(8-5-6-9-18)16-21-17(19-4-2)20-10-7-11-22-12-14-23-15-13-22/h3-16H2,1-2H3,(H2,19,20,21). The molecule has 1 saturated carbocycles. The van der Waals surface area contributed by atoms with Crippen LogP contribution >= 0.6 is 0 Å². The van der Waals surface area contributed by atoms with Gasteiger partial charge in [0, 0.05) is 32.7 Å². The second kappa shape index (κ2) is 10.1. The van der Waals surface area contributed by atoms with Gasteiger partial charge in [-0.15, -0.1) is 0 Å². The molecule has 1 saturated heterocycles. The molecule has 2 fully saturated rings. The van der Waals surface area contributed by atoms with Crippen LogP contribution in [-0.2, 0) is 4.74 Å². The van der Waals surface area contributed by atoms with Gasteiger partial charge < -0.3 is 15.4 Å². The lowest BCUT2D eigenvalue weighted by Crippen LogP contribution is -2.41. The van der Waals surface area contributed by atoms with Crippen molar-refractivity contribution in [2.24, 2.45) is 10.4 Å². The first-order valence-electron chi connectivity index (χ1n) is 9.60. The van der Waals surface area contributed by atoms with Crippen molar-refractivity contribution in [2.45, 2.75) is 52.4 Å². The maximum Gasteiger partial charge on any atom is 0.191 e. The molecule has 2 rings (SSSR count). The van der Waals surface area contributed by atoms with E-state index in [2.05, 4.69) is 29.4 Å². The zero-order valence-electron chi connectivity index (χ0n) is 15.2. The van der Waals surface area contributed by atoms with E-state index in [0.29, 0.717) is 5.41 Å². The summed E-state index contributed by atoms with van der Waals surface area (Å²) in [5.74, 6) is 0.995. The molecule has 1 aliphatic heterocycles. The Labute approximate surface area is 142 Å². The van der Waals surface area contributed by atoms with Crippen molar-refractivity contribution in [1.82, 2.24) is 15.5 Å². The molecule has 23 heavy (non-hydrogen) atoms. The summed E-state index contributed by atoms with van der Waals surface area (Å²) in [6.07, 6.45) is 7.88. The number of guanidine groups is 1. The Morgan fingerprint density at radius 1 is 1.13 bits per heavy atom. The topological polar surface area (TPSA) is 48.9 Å². The fourth-order valence-electron chi connectivity index (χ4n) is 3.67. The Morgan fingerprint density at radius 3 is 2.52 bits per heavy atom. The normalized spacial score (nSPS) is 22.3. The molecule has 2 aliphatic rings. The molecule has 0 aromatic carbocycles. The van der Waals surface area contributed by atoms with E-state index in [1.807, 2.05) is 0 Å². The van der Waals surface area contributed by atoms with Crippen molar-refractivity contribution < 1.29 is 4.74 Å². The second-order valence-corrected chi connectivity index (χ2v) is 6.99. The lowest BCUT2D eigenvalue weighted by molar-refractivity contribution is 0.0376. The molecule has 134 valence electrons. The Balaban J connectivity index is 1.70. The van der Waals surface area contributed by atoms with Crippen molar-refractivity contribution in [3.05, 3.63) is 0 Å². The fraction of sp³-hybridized carbons (Fsp3) is 0.944. The van der Waals surface area contributed by atoms with Crippen molar-refractivity contribution in [3.8, 4) is 0 Å². The van der Waals surface area contributed by atoms with Gasteiger partial charge in [0.1, 0.15) is 0 Å². The molecule has 0 spiro atoms. The largest absolute Gasteiger partial charge is 0.379 e. The van der Waals surface area contributed by atoms with Crippen LogP contribution in [0.2, 0.25) is 0 Å². The first kappa shape index (κ1) is 18.5. The van der Waals surface area contributed by atoms with Crippen molar-refractivity contribution >= 4 is 5.96 Å². The fourth-order valence-corrected chi connectivity index (χ4v) is 3.67. The first-order valence-corrected chi connectivity index (χ1v) is 9.60. The SMILES string of the molecule is CCNC(=NCC1(CC)CCCC1)NCCCN1CCOCC1. The number of hydrogen-bond donors (Lipinski definition) is 2. The molecule has 0 aromatic heterocycles. The number of nitrogens with one attached hydrogen (secondary N) is 2. The molecular formula is C18H36N4O. The quantitative estimate of drug-likeness (QED) is 0.408. The third kappa shape index (κ3) is 6.30. The number of nitrogens with zero attached hydrogens (tertiary/aromatic N) is 2. The van der Waals surface area contributed by atoms with Gasteiger partial charge >= 0.3 is 0 Å². The lowest BCUT2D eigenvalue weighted by Gasteiger charge is -2.27. The highest BCUT2D eigenvalue weighted by Gasteiger charge is 2.31. The van der Waals surface area contributed by atoms with Crippen LogP contribution in [0.25, 0.3) is 0 Å². The summed E-state index contributed by atoms with van der Waals surface area (Å²) in [6, 6.07) is 0. The molecule has 0 radical (unpaired) electrons. The van der Waals surface area contributed by atoms with Crippen LogP contribution in [0.4, 0.5) is 0 Å². The Morgan fingerprint density at radius 2 is 1.87 bits per heavy atom. The number of hydrogen-bond acceptors (Lipinski definition) is 3. The maximum atomic E-state index is 5.39. The van der Waals surface area contributed by atoms with E-state index in [1.165, 1.54) is 32.1 Å². The van der Waals surface area contributed by atoms with Crippen LogP contribution in [0, 0.1) is 5.41 Å². The van der Waals surface area contributed by atoms with Gasteiger partial charge in [0.15, 0.2) is 5.96 Å². The molecule has 5 heteroatoms. The molecule has 1 heterocycles. The van der Waals surface area contributed by atoms with Crippen molar-refractivity contribution in [1.29, 1.82) is 0 Å². The molecule has 0 amide bonds. The smallest absolute Gasteiger partial charge is 0.191 e. The van der Waals surface area contributed by atoms with Gasteiger partial charge in [-0.3, -0.25) is 9.89 Å². The van der Waals surface area contributed by atoms with Gasteiger partial charge in [-0.2, -0.15) is 0 Å². The third-order valence-corrected chi connectivity index (χ3v) is 5.38. The van der Waals surface area contributed by atoms with E-state index >= 15 is 0 Å². The predicted molar refractivity (Wildman–Crippen MR) is 97.0 cm³/mol. The lowest BCUT2D eigenvalue weighted by atomic mass is 9.84. The van der Waals surface area contributed by atoms with E-state index < -0.39 is 0 Å². The Kier molecular flexibility index (Phi) is 8.17. The van der Waals surface area contributed by atoms with E-state index in [4.69, 9.17) is 9.73 Å². The van der Waals surface area contributed by atoms with Gasteiger partial charge in [0.25, 0.3) is 0 Å². The number of rotatable bonds is 8. The average Bonchev–Trinajstić information content (AvgIpc) is 3.07. The highest BCUT2D eigenvalue weighted by atomic mass is 16.5. The molecule has 5 nitrogen and oxygen atoms in total. The van der Waals surface area contributed by atoms with Crippen LogP contribution in [0.15, 0.2) is 4.99 Å². The van der Waals surface area contributed by atoms with E-state index in [-0.39, 0.29) is 0 Å². The summed E-state index contributed by atoms with van der Waals surface area (Å²) in [6.45, 7) is 12.4. The van der Waals surface area contributed by atoms with Crippen LogP contribution in [-0.4, -0.2) is 63.3 Å². The minimum Gasteiger partial charge on any atom is -0.379 e. The van der Waals surface area contributed by atoms with Gasteiger partial charge in [-0.1, -0.05) is 19.8 Å². The van der Waals surface area contributed by atoms with E-state index in [9.17, 15) is 0 Å². The van der Waals surface area contributed by atoms with Crippen LogP contribution < -0.4 is 10.6 Å². The zero-order chi connectivity index (χ0) is 16.4. The highest BCUT2D eigenvalue weighted by molar-refractivity contribution is 5.79. The molecule has 0 aromatic rings. The summed E-state index contributed by atoms with van der Waals surface area (Å²) < 4.78 is 5.39. The second-order valence-electron chi connectivity index (χ2n) is 6.99.